The second kappa shape index (κ2) is 9.59. The van der Waals surface area contributed by atoms with E-state index in [1.807, 2.05) is 36.4 Å². The van der Waals surface area contributed by atoms with E-state index in [-0.39, 0.29) is 12.5 Å². The average Bonchev–Trinajstić information content (AvgIpc) is 3.44. The molecule has 0 aliphatic heterocycles. The molecule has 0 bridgehead atoms. The second-order valence-electron chi connectivity index (χ2n) is 8.73. The molecule has 3 aromatic rings. The van der Waals surface area contributed by atoms with Gasteiger partial charge in [0.15, 0.2) is 0 Å². The average molecular weight is 479 g/mol. The van der Waals surface area contributed by atoms with Gasteiger partial charge < -0.3 is 20.3 Å². The number of anilines is 1. The Kier molecular flexibility index (Phi) is 6.57. The van der Waals surface area contributed by atoms with Gasteiger partial charge in [0.1, 0.15) is 18.2 Å². The number of carboxylic acid groups (broad SMARTS) is 1. The third-order valence-corrected chi connectivity index (χ3v) is 6.09. The number of rotatable bonds is 8. The quantitative estimate of drug-likeness (QED) is 0.390. The molecule has 1 unspecified atom stereocenters. The van der Waals surface area contributed by atoms with Gasteiger partial charge in [0.05, 0.1) is 18.5 Å². The molecule has 182 valence electrons. The Hall–Kier alpha value is -4.18. The number of nitrogens with zero attached hydrogens (tertiary/aromatic N) is 2. The fourth-order valence-corrected chi connectivity index (χ4v) is 4.07. The standard InChI is InChI=1S/C25H26N4O6/c1-25(2,23(33)28-21(13-30)22(31)32)29-12-15(11-26-29)27-24(34)35-14-20-18-9-5-3-7-16(18)17-8-4-6-10-19(17)20/h3-12,20-21,30H,13-14H2,1-2H3,(H,27,34)(H,28,33)(H,31,32). The largest absolute Gasteiger partial charge is 0.480 e. The predicted octanol–water partition coefficient (Wildman–Crippen LogP) is 2.54. The summed E-state index contributed by atoms with van der Waals surface area (Å²) in [4.78, 5) is 36.2. The van der Waals surface area contributed by atoms with Gasteiger partial charge in [-0.2, -0.15) is 5.10 Å². The number of aliphatic carboxylic acids is 1. The van der Waals surface area contributed by atoms with E-state index in [4.69, 9.17) is 14.9 Å². The number of carboxylic acids is 1. The zero-order valence-corrected chi connectivity index (χ0v) is 19.3. The van der Waals surface area contributed by atoms with Gasteiger partial charge in [-0.15, -0.1) is 0 Å². The maximum absolute atomic E-state index is 12.6. The zero-order chi connectivity index (χ0) is 25.2. The first kappa shape index (κ1) is 24.0. The molecule has 10 nitrogen and oxygen atoms in total. The predicted molar refractivity (Wildman–Crippen MR) is 127 cm³/mol. The normalized spacial score (nSPS) is 13.5. The maximum atomic E-state index is 12.6. The van der Waals surface area contributed by atoms with Crippen molar-refractivity contribution in [1.29, 1.82) is 0 Å². The highest BCUT2D eigenvalue weighted by atomic mass is 16.5. The van der Waals surface area contributed by atoms with Crippen LogP contribution in [0.5, 0.6) is 0 Å². The van der Waals surface area contributed by atoms with E-state index in [2.05, 4.69) is 27.9 Å². The van der Waals surface area contributed by atoms with E-state index >= 15 is 0 Å². The number of carbonyl (C=O) groups excluding carboxylic acids is 2. The summed E-state index contributed by atoms with van der Waals surface area (Å²) in [5.41, 5.74) is 3.48. The fraction of sp³-hybridized carbons (Fsp3) is 0.280. The Morgan fingerprint density at radius 3 is 2.26 bits per heavy atom. The van der Waals surface area contributed by atoms with Crippen LogP contribution < -0.4 is 10.6 Å². The Balaban J connectivity index is 1.39. The Morgan fingerprint density at radius 2 is 1.69 bits per heavy atom. The highest BCUT2D eigenvalue weighted by molar-refractivity contribution is 5.88. The van der Waals surface area contributed by atoms with E-state index in [1.165, 1.54) is 30.9 Å². The van der Waals surface area contributed by atoms with Crippen LogP contribution in [-0.4, -0.2) is 57.2 Å². The fourth-order valence-electron chi connectivity index (χ4n) is 4.07. The third kappa shape index (κ3) is 4.73. The lowest BCUT2D eigenvalue weighted by Crippen LogP contribution is -2.52. The Morgan fingerprint density at radius 1 is 1.09 bits per heavy atom. The molecule has 1 atom stereocenters. The molecule has 4 N–H and O–H groups in total. The van der Waals surface area contributed by atoms with E-state index in [0.29, 0.717) is 5.69 Å². The summed E-state index contributed by atoms with van der Waals surface area (Å²) in [6.45, 7) is 2.47. The number of hydrogen-bond donors (Lipinski definition) is 4. The minimum Gasteiger partial charge on any atom is -0.480 e. The molecule has 35 heavy (non-hydrogen) atoms. The molecule has 1 aliphatic carbocycles. The van der Waals surface area contributed by atoms with Crippen molar-refractivity contribution < 1.29 is 29.3 Å². The van der Waals surface area contributed by atoms with Crippen LogP contribution in [-0.2, 0) is 19.9 Å². The van der Waals surface area contributed by atoms with Crippen molar-refractivity contribution in [3.05, 3.63) is 72.1 Å². The van der Waals surface area contributed by atoms with Gasteiger partial charge in [-0.1, -0.05) is 48.5 Å². The minimum absolute atomic E-state index is 0.0767. The van der Waals surface area contributed by atoms with Crippen LogP contribution in [0.3, 0.4) is 0 Å². The SMILES string of the molecule is CC(C)(C(=O)NC(CO)C(=O)O)n1cc(NC(=O)OCC2c3ccccc3-c3ccccc32)cn1. The van der Waals surface area contributed by atoms with Crippen molar-refractivity contribution in [2.45, 2.75) is 31.3 Å². The number of hydrogen-bond acceptors (Lipinski definition) is 6. The lowest BCUT2D eigenvalue weighted by molar-refractivity contribution is -0.144. The van der Waals surface area contributed by atoms with E-state index in [0.717, 1.165) is 22.3 Å². The molecule has 1 aliphatic rings. The third-order valence-electron chi connectivity index (χ3n) is 6.09. The highest BCUT2D eigenvalue weighted by Crippen LogP contribution is 2.44. The number of ether oxygens (including phenoxy) is 1. The smallest absolute Gasteiger partial charge is 0.411 e. The molecule has 2 amide bonds. The van der Waals surface area contributed by atoms with Crippen molar-refractivity contribution in [2.75, 3.05) is 18.5 Å². The van der Waals surface area contributed by atoms with Crippen LogP contribution in [0.2, 0.25) is 0 Å². The van der Waals surface area contributed by atoms with Crippen molar-refractivity contribution in [1.82, 2.24) is 15.1 Å². The summed E-state index contributed by atoms with van der Waals surface area (Å²) in [5.74, 6) is -2.09. The summed E-state index contributed by atoms with van der Waals surface area (Å²) in [5, 5.41) is 27.2. The molecule has 1 aromatic heterocycles. The van der Waals surface area contributed by atoms with Gasteiger partial charge in [0, 0.05) is 12.1 Å². The second-order valence-corrected chi connectivity index (χ2v) is 8.73. The summed E-state index contributed by atoms with van der Waals surface area (Å²) in [7, 11) is 0. The first-order valence-electron chi connectivity index (χ1n) is 11.0. The van der Waals surface area contributed by atoms with E-state index < -0.39 is 36.2 Å². The first-order valence-corrected chi connectivity index (χ1v) is 11.0. The number of aliphatic hydroxyl groups is 1. The lowest BCUT2D eigenvalue weighted by Gasteiger charge is -2.25. The van der Waals surface area contributed by atoms with Gasteiger partial charge >= 0.3 is 12.1 Å². The number of fused-ring (bicyclic) bond motifs is 3. The van der Waals surface area contributed by atoms with Crippen LogP contribution in [0.25, 0.3) is 11.1 Å². The summed E-state index contributed by atoms with van der Waals surface area (Å²) in [6, 6.07) is 14.6. The van der Waals surface area contributed by atoms with Crippen LogP contribution in [0.4, 0.5) is 10.5 Å². The molecule has 1 heterocycles. The van der Waals surface area contributed by atoms with Crippen LogP contribution in [0.1, 0.15) is 30.9 Å². The number of aliphatic hydroxyl groups excluding tert-OH is 1. The van der Waals surface area contributed by atoms with Gasteiger partial charge in [0.2, 0.25) is 5.91 Å². The topological polar surface area (TPSA) is 143 Å². The van der Waals surface area contributed by atoms with Crippen LogP contribution in [0, 0.1) is 0 Å². The molecule has 4 rings (SSSR count). The number of amides is 2. The van der Waals surface area contributed by atoms with Crippen molar-refractivity contribution in [3.63, 3.8) is 0 Å². The molecule has 10 heteroatoms. The molecule has 0 saturated heterocycles. The van der Waals surface area contributed by atoms with Crippen LogP contribution in [0.15, 0.2) is 60.9 Å². The van der Waals surface area contributed by atoms with E-state index in [1.54, 1.807) is 0 Å². The molecule has 0 fully saturated rings. The maximum Gasteiger partial charge on any atom is 0.411 e. The minimum atomic E-state index is -1.43. The number of nitrogens with one attached hydrogen (secondary N) is 2. The molecule has 0 saturated carbocycles. The van der Waals surface area contributed by atoms with Crippen molar-refractivity contribution in [3.8, 4) is 11.1 Å². The van der Waals surface area contributed by atoms with Crippen LogP contribution >= 0.6 is 0 Å². The molecular weight excluding hydrogens is 452 g/mol. The Labute approximate surface area is 201 Å². The summed E-state index contributed by atoms with van der Waals surface area (Å²) in [6.07, 6.45) is 2.13. The summed E-state index contributed by atoms with van der Waals surface area (Å²) < 4.78 is 6.81. The Bertz CT molecular complexity index is 1220. The van der Waals surface area contributed by atoms with E-state index in [9.17, 15) is 14.4 Å². The summed E-state index contributed by atoms with van der Waals surface area (Å²) >= 11 is 0. The molecule has 2 aromatic carbocycles. The van der Waals surface area contributed by atoms with Gasteiger partial charge in [-0.25, -0.2) is 9.59 Å². The number of carbonyl (C=O) groups is 3. The first-order chi connectivity index (χ1) is 16.7. The zero-order valence-electron chi connectivity index (χ0n) is 19.3. The number of benzene rings is 2. The molecule has 0 radical (unpaired) electrons. The van der Waals surface area contributed by atoms with Gasteiger partial charge in [-0.3, -0.25) is 14.8 Å². The number of aromatic nitrogens is 2. The molecular formula is C25H26N4O6. The highest BCUT2D eigenvalue weighted by Gasteiger charge is 2.34. The monoisotopic (exact) mass is 478 g/mol. The van der Waals surface area contributed by atoms with Gasteiger partial charge in [-0.05, 0) is 36.1 Å². The van der Waals surface area contributed by atoms with Crippen molar-refractivity contribution >= 4 is 23.7 Å². The van der Waals surface area contributed by atoms with Crippen molar-refractivity contribution in [2.24, 2.45) is 0 Å². The molecule has 0 spiro atoms. The van der Waals surface area contributed by atoms with Gasteiger partial charge in [0.25, 0.3) is 0 Å². The lowest BCUT2D eigenvalue weighted by atomic mass is 9.98.